The summed E-state index contributed by atoms with van der Waals surface area (Å²) < 4.78 is 14.1. The minimum atomic E-state index is -0.312. The van der Waals surface area contributed by atoms with Crippen LogP contribution in [0.1, 0.15) is 24.4 Å². The molecule has 3 aromatic carbocycles. The minimum Gasteiger partial charge on any atom is -0.507 e. The summed E-state index contributed by atoms with van der Waals surface area (Å²) >= 11 is 0. The molecule has 0 aliphatic carbocycles. The highest BCUT2D eigenvalue weighted by atomic mass is 19.1. The Kier molecular flexibility index (Phi) is 4.35. The molecule has 1 N–H and O–H groups in total. The number of aromatic hydroxyl groups is 1. The first kappa shape index (κ1) is 17.6. The van der Waals surface area contributed by atoms with E-state index in [0.717, 1.165) is 19.4 Å². The number of phenols is 1. The van der Waals surface area contributed by atoms with Crippen LogP contribution in [-0.4, -0.2) is 21.6 Å². The third-order valence-electron chi connectivity index (χ3n) is 5.49. The summed E-state index contributed by atoms with van der Waals surface area (Å²) in [7, 11) is 0. The lowest BCUT2D eigenvalue weighted by molar-refractivity contribution is 0.477. The van der Waals surface area contributed by atoms with Gasteiger partial charge in [-0.1, -0.05) is 42.5 Å². The van der Waals surface area contributed by atoms with Gasteiger partial charge in [0.1, 0.15) is 17.4 Å². The predicted molar refractivity (Wildman–Crippen MR) is 112 cm³/mol. The van der Waals surface area contributed by atoms with E-state index in [1.165, 1.54) is 17.7 Å². The lowest BCUT2D eigenvalue weighted by Gasteiger charge is -2.27. The maximum atomic E-state index is 14.1. The summed E-state index contributed by atoms with van der Waals surface area (Å²) in [4.78, 5) is 11.7. The second-order valence-electron chi connectivity index (χ2n) is 7.31. The number of nitrogens with zero attached hydrogens (tertiary/aromatic N) is 3. The molecule has 2 heterocycles. The van der Waals surface area contributed by atoms with Crippen LogP contribution in [0.15, 0.2) is 72.8 Å². The Morgan fingerprint density at radius 3 is 2.55 bits per heavy atom. The van der Waals surface area contributed by atoms with Crippen molar-refractivity contribution in [3.05, 3.63) is 84.2 Å². The number of benzene rings is 3. The van der Waals surface area contributed by atoms with Gasteiger partial charge in [0.2, 0.25) is 0 Å². The standard InChI is InChI=1S/C24H20FN3O/c25-17-12-13-20-19(15-17)24(27-23(26-20)18-9-4-5-11-22(18)29)28-14-6-10-21(28)16-7-2-1-3-8-16/h1-5,7-9,11-13,15,21,29H,6,10,14H2. The van der Waals surface area contributed by atoms with Gasteiger partial charge in [0.25, 0.3) is 0 Å². The van der Waals surface area contributed by atoms with E-state index in [0.29, 0.717) is 28.1 Å². The van der Waals surface area contributed by atoms with Crippen molar-refractivity contribution in [3.63, 3.8) is 0 Å². The quantitative estimate of drug-likeness (QED) is 0.507. The van der Waals surface area contributed by atoms with Crippen LogP contribution < -0.4 is 4.90 Å². The fraction of sp³-hybridized carbons (Fsp3) is 0.167. The number of hydrogen-bond donors (Lipinski definition) is 1. The SMILES string of the molecule is Oc1ccccc1-c1nc(N2CCCC2c2ccccc2)c2cc(F)ccc2n1. The normalized spacial score (nSPS) is 16.4. The third kappa shape index (κ3) is 3.18. The molecule has 1 fully saturated rings. The molecule has 0 bridgehead atoms. The van der Waals surface area contributed by atoms with E-state index in [2.05, 4.69) is 22.0 Å². The Balaban J connectivity index is 1.71. The van der Waals surface area contributed by atoms with Crippen LogP contribution in [0.5, 0.6) is 5.75 Å². The highest BCUT2D eigenvalue weighted by Gasteiger charge is 2.29. The van der Waals surface area contributed by atoms with Crippen molar-refractivity contribution in [2.24, 2.45) is 0 Å². The fourth-order valence-corrected chi connectivity index (χ4v) is 4.13. The zero-order chi connectivity index (χ0) is 19.8. The van der Waals surface area contributed by atoms with Crippen molar-refractivity contribution in [2.75, 3.05) is 11.4 Å². The van der Waals surface area contributed by atoms with Gasteiger partial charge >= 0.3 is 0 Å². The molecule has 1 aliphatic rings. The average Bonchev–Trinajstić information content (AvgIpc) is 3.24. The van der Waals surface area contributed by atoms with Crippen molar-refractivity contribution in [2.45, 2.75) is 18.9 Å². The van der Waals surface area contributed by atoms with E-state index >= 15 is 0 Å². The first-order valence-corrected chi connectivity index (χ1v) is 9.78. The molecular formula is C24H20FN3O. The van der Waals surface area contributed by atoms with Gasteiger partial charge in [0.05, 0.1) is 17.1 Å². The Morgan fingerprint density at radius 2 is 1.72 bits per heavy atom. The van der Waals surface area contributed by atoms with Crippen LogP contribution in [-0.2, 0) is 0 Å². The molecule has 0 saturated carbocycles. The lowest BCUT2D eigenvalue weighted by Crippen LogP contribution is -2.24. The Hall–Kier alpha value is -3.47. The van der Waals surface area contributed by atoms with Gasteiger partial charge in [0, 0.05) is 11.9 Å². The van der Waals surface area contributed by atoms with Gasteiger partial charge in [-0.25, -0.2) is 14.4 Å². The number of para-hydroxylation sites is 1. The van der Waals surface area contributed by atoms with Gasteiger partial charge in [0.15, 0.2) is 5.82 Å². The summed E-state index contributed by atoms with van der Waals surface area (Å²) in [5, 5.41) is 11.0. The Morgan fingerprint density at radius 1 is 0.931 bits per heavy atom. The molecular weight excluding hydrogens is 365 g/mol. The van der Waals surface area contributed by atoms with Crippen molar-refractivity contribution in [1.29, 1.82) is 0 Å². The molecule has 4 nitrogen and oxygen atoms in total. The molecule has 144 valence electrons. The Bertz CT molecular complexity index is 1180. The van der Waals surface area contributed by atoms with Gasteiger partial charge in [-0.3, -0.25) is 0 Å². The summed E-state index contributed by atoms with van der Waals surface area (Å²) in [6.45, 7) is 0.836. The zero-order valence-electron chi connectivity index (χ0n) is 15.8. The Labute approximate surface area is 168 Å². The van der Waals surface area contributed by atoms with Crippen LogP contribution in [0.2, 0.25) is 0 Å². The van der Waals surface area contributed by atoms with Crippen LogP contribution in [0.3, 0.4) is 0 Å². The third-order valence-corrected chi connectivity index (χ3v) is 5.49. The maximum Gasteiger partial charge on any atom is 0.165 e. The summed E-state index contributed by atoms with van der Waals surface area (Å²) in [5.74, 6) is 0.962. The van der Waals surface area contributed by atoms with Crippen LogP contribution in [0.4, 0.5) is 10.2 Å². The highest BCUT2D eigenvalue weighted by molar-refractivity contribution is 5.91. The highest BCUT2D eigenvalue weighted by Crippen LogP contribution is 2.39. The second-order valence-corrected chi connectivity index (χ2v) is 7.31. The summed E-state index contributed by atoms with van der Waals surface area (Å²) in [5.41, 5.74) is 2.45. The van der Waals surface area contributed by atoms with E-state index in [-0.39, 0.29) is 17.6 Å². The van der Waals surface area contributed by atoms with E-state index < -0.39 is 0 Å². The number of phenolic OH excluding ortho intramolecular Hbond substituents is 1. The van der Waals surface area contributed by atoms with Gasteiger partial charge in [-0.2, -0.15) is 0 Å². The summed E-state index contributed by atoms with van der Waals surface area (Å²) in [6, 6.07) is 22.1. The average molecular weight is 385 g/mol. The number of hydrogen-bond acceptors (Lipinski definition) is 4. The van der Waals surface area contributed by atoms with Crippen molar-refractivity contribution in [3.8, 4) is 17.1 Å². The topological polar surface area (TPSA) is 49.3 Å². The van der Waals surface area contributed by atoms with E-state index in [4.69, 9.17) is 4.98 Å². The van der Waals surface area contributed by atoms with Gasteiger partial charge < -0.3 is 10.0 Å². The largest absolute Gasteiger partial charge is 0.507 e. The molecule has 1 aliphatic heterocycles. The van der Waals surface area contributed by atoms with Crippen molar-refractivity contribution in [1.82, 2.24) is 9.97 Å². The van der Waals surface area contributed by atoms with Gasteiger partial charge in [-0.15, -0.1) is 0 Å². The van der Waals surface area contributed by atoms with E-state index in [9.17, 15) is 9.50 Å². The molecule has 29 heavy (non-hydrogen) atoms. The molecule has 5 heteroatoms. The fourth-order valence-electron chi connectivity index (χ4n) is 4.13. The van der Waals surface area contributed by atoms with Crippen LogP contribution in [0.25, 0.3) is 22.3 Å². The number of rotatable bonds is 3. The van der Waals surface area contributed by atoms with E-state index in [1.54, 1.807) is 24.3 Å². The number of aromatic nitrogens is 2. The van der Waals surface area contributed by atoms with Crippen molar-refractivity contribution >= 4 is 16.7 Å². The molecule has 0 spiro atoms. The predicted octanol–water partition coefficient (Wildman–Crippen LogP) is 5.48. The number of fused-ring (bicyclic) bond motifs is 1. The lowest BCUT2D eigenvalue weighted by atomic mass is 10.0. The molecule has 4 aromatic rings. The molecule has 1 unspecified atom stereocenters. The maximum absolute atomic E-state index is 14.1. The summed E-state index contributed by atoms with van der Waals surface area (Å²) in [6.07, 6.45) is 2.04. The zero-order valence-corrected chi connectivity index (χ0v) is 15.8. The molecule has 5 rings (SSSR count). The van der Waals surface area contributed by atoms with Gasteiger partial charge in [-0.05, 0) is 48.7 Å². The van der Waals surface area contributed by atoms with Crippen LogP contribution >= 0.6 is 0 Å². The molecule has 1 saturated heterocycles. The molecule has 0 amide bonds. The number of halogens is 1. The number of anilines is 1. The monoisotopic (exact) mass is 385 g/mol. The molecule has 1 atom stereocenters. The van der Waals surface area contributed by atoms with Crippen molar-refractivity contribution < 1.29 is 9.50 Å². The molecule has 1 aromatic heterocycles. The smallest absolute Gasteiger partial charge is 0.165 e. The minimum absolute atomic E-state index is 0.126. The first-order chi connectivity index (χ1) is 14.2. The molecule has 0 radical (unpaired) electrons. The van der Waals surface area contributed by atoms with E-state index in [1.807, 2.05) is 24.3 Å². The second kappa shape index (κ2) is 7.17. The first-order valence-electron chi connectivity index (χ1n) is 9.78. The van der Waals surface area contributed by atoms with Crippen LogP contribution in [0, 0.1) is 5.82 Å².